The van der Waals surface area contributed by atoms with E-state index in [1.165, 1.54) is 16.7 Å². The first-order valence-electron chi connectivity index (χ1n) is 7.16. The second kappa shape index (κ2) is 5.06. The van der Waals surface area contributed by atoms with E-state index in [0.29, 0.717) is 0 Å². The fraction of sp³-hybridized carbons (Fsp3) is 0.0714. The standard InChI is InChI=1S/C14H9BF2N6O2/c15-7-1-3-11-19-20-13(22(11)5-7)14(16,17)9-2-4-10-18-8(12(24)25)6-23(10)21-9/h1-6H,15H2,(H,24,25). The van der Waals surface area contributed by atoms with Crippen LogP contribution < -0.4 is 5.46 Å². The van der Waals surface area contributed by atoms with Gasteiger partial charge in [0, 0.05) is 6.20 Å². The first kappa shape index (κ1) is 15.2. The van der Waals surface area contributed by atoms with Crippen molar-refractivity contribution < 1.29 is 18.7 Å². The van der Waals surface area contributed by atoms with Gasteiger partial charge in [-0.3, -0.25) is 4.40 Å². The minimum atomic E-state index is -3.53. The van der Waals surface area contributed by atoms with Gasteiger partial charge in [0.1, 0.15) is 13.5 Å². The third-order valence-corrected chi connectivity index (χ3v) is 3.69. The van der Waals surface area contributed by atoms with Crippen molar-refractivity contribution in [2.45, 2.75) is 5.92 Å². The highest BCUT2D eigenvalue weighted by atomic mass is 19.3. The first-order chi connectivity index (χ1) is 11.9. The first-order valence-corrected chi connectivity index (χ1v) is 7.16. The monoisotopic (exact) mass is 342 g/mol. The van der Waals surface area contributed by atoms with E-state index in [1.807, 2.05) is 0 Å². The van der Waals surface area contributed by atoms with E-state index in [-0.39, 0.29) is 17.0 Å². The summed E-state index contributed by atoms with van der Waals surface area (Å²) in [5.41, 5.74) is 0.339. The van der Waals surface area contributed by atoms with Gasteiger partial charge in [-0.25, -0.2) is 14.3 Å². The minimum Gasteiger partial charge on any atom is -0.476 e. The Morgan fingerprint density at radius 3 is 2.64 bits per heavy atom. The molecular formula is C14H9BF2N6O2. The van der Waals surface area contributed by atoms with Crippen LogP contribution in [-0.4, -0.2) is 48.1 Å². The zero-order valence-corrected chi connectivity index (χ0v) is 12.8. The van der Waals surface area contributed by atoms with Gasteiger partial charge in [0.05, 0.1) is 6.20 Å². The second-order valence-electron chi connectivity index (χ2n) is 5.49. The van der Waals surface area contributed by atoms with Crippen molar-refractivity contribution in [3.63, 3.8) is 0 Å². The lowest BCUT2D eigenvalue weighted by atomic mass is 9.99. The maximum atomic E-state index is 14.9. The molecule has 0 radical (unpaired) electrons. The van der Waals surface area contributed by atoms with Crippen LogP contribution in [-0.2, 0) is 5.92 Å². The molecule has 4 rings (SSSR count). The van der Waals surface area contributed by atoms with Crippen LogP contribution >= 0.6 is 0 Å². The van der Waals surface area contributed by atoms with Gasteiger partial charge in [-0.2, -0.15) is 13.9 Å². The summed E-state index contributed by atoms with van der Waals surface area (Å²) in [6.07, 6.45) is 2.58. The van der Waals surface area contributed by atoms with Crippen molar-refractivity contribution in [1.82, 2.24) is 29.2 Å². The lowest BCUT2D eigenvalue weighted by molar-refractivity contribution is 0.0258. The average molecular weight is 342 g/mol. The van der Waals surface area contributed by atoms with Gasteiger partial charge in [-0.15, -0.1) is 10.2 Å². The highest BCUT2D eigenvalue weighted by Gasteiger charge is 2.41. The van der Waals surface area contributed by atoms with E-state index in [1.54, 1.807) is 20.0 Å². The Hall–Kier alpha value is -3.37. The molecule has 0 unspecified atom stereocenters. The molecule has 0 bridgehead atoms. The summed E-state index contributed by atoms with van der Waals surface area (Å²) in [4.78, 5) is 14.7. The van der Waals surface area contributed by atoms with E-state index in [2.05, 4.69) is 20.3 Å². The summed E-state index contributed by atoms with van der Waals surface area (Å²) in [6, 6.07) is 5.70. The van der Waals surface area contributed by atoms with Crippen molar-refractivity contribution in [1.29, 1.82) is 0 Å². The van der Waals surface area contributed by atoms with Crippen molar-refractivity contribution in [3.05, 3.63) is 53.9 Å². The van der Waals surface area contributed by atoms with Crippen molar-refractivity contribution in [3.8, 4) is 0 Å². The summed E-state index contributed by atoms with van der Waals surface area (Å²) in [7, 11) is 1.77. The molecule has 0 fully saturated rings. The summed E-state index contributed by atoms with van der Waals surface area (Å²) in [5.74, 6) is -5.37. The molecule has 25 heavy (non-hydrogen) atoms. The number of carbonyl (C=O) groups is 1. The SMILES string of the molecule is Bc1ccc2nnc(C(F)(F)c3ccc4nc(C(=O)O)cn4n3)n2c1. The number of imidazole rings is 1. The zero-order chi connectivity index (χ0) is 17.8. The normalized spacial score (nSPS) is 12.1. The Morgan fingerprint density at radius 2 is 1.88 bits per heavy atom. The summed E-state index contributed by atoms with van der Waals surface area (Å²) in [5, 5.41) is 20.1. The number of hydrogen-bond donors (Lipinski definition) is 1. The maximum Gasteiger partial charge on any atom is 0.356 e. The molecule has 4 aromatic rings. The molecule has 4 aromatic heterocycles. The summed E-state index contributed by atoms with van der Waals surface area (Å²) < 4.78 is 32.1. The highest BCUT2D eigenvalue weighted by molar-refractivity contribution is 6.32. The highest BCUT2D eigenvalue weighted by Crippen LogP contribution is 2.33. The van der Waals surface area contributed by atoms with Crippen LogP contribution in [0.4, 0.5) is 8.78 Å². The Kier molecular flexibility index (Phi) is 3.07. The number of rotatable bonds is 3. The third-order valence-electron chi connectivity index (χ3n) is 3.69. The Bertz CT molecular complexity index is 1140. The quantitative estimate of drug-likeness (QED) is 0.521. The predicted octanol–water partition coefficient (Wildman–Crippen LogP) is -0.131. The number of carboxylic acids is 1. The predicted molar refractivity (Wildman–Crippen MR) is 84.1 cm³/mol. The van der Waals surface area contributed by atoms with Gasteiger partial charge in [0.15, 0.2) is 17.0 Å². The van der Waals surface area contributed by atoms with Gasteiger partial charge in [-0.05, 0) is 18.2 Å². The number of halogens is 2. The molecule has 4 heterocycles. The van der Waals surface area contributed by atoms with Crippen LogP contribution in [0.3, 0.4) is 0 Å². The van der Waals surface area contributed by atoms with E-state index >= 15 is 0 Å². The van der Waals surface area contributed by atoms with Crippen molar-refractivity contribution >= 4 is 30.6 Å². The van der Waals surface area contributed by atoms with Gasteiger partial charge in [0.25, 0.3) is 0 Å². The number of aromatic carboxylic acids is 1. The Morgan fingerprint density at radius 1 is 1.12 bits per heavy atom. The van der Waals surface area contributed by atoms with Crippen LogP contribution in [0.1, 0.15) is 22.0 Å². The molecule has 1 N–H and O–H groups in total. The van der Waals surface area contributed by atoms with Crippen LogP contribution in [0, 0.1) is 0 Å². The number of alkyl halides is 2. The average Bonchev–Trinajstić information content (AvgIpc) is 3.17. The zero-order valence-electron chi connectivity index (χ0n) is 12.8. The largest absolute Gasteiger partial charge is 0.476 e. The van der Waals surface area contributed by atoms with Crippen molar-refractivity contribution in [2.24, 2.45) is 0 Å². The number of pyridine rings is 1. The Labute approximate surface area is 139 Å². The smallest absolute Gasteiger partial charge is 0.356 e. The van der Waals surface area contributed by atoms with Crippen molar-refractivity contribution in [2.75, 3.05) is 0 Å². The minimum absolute atomic E-state index is 0.152. The summed E-state index contributed by atoms with van der Waals surface area (Å²) >= 11 is 0. The third kappa shape index (κ3) is 2.32. The van der Waals surface area contributed by atoms with Crippen LogP contribution in [0.5, 0.6) is 0 Å². The molecule has 0 aliphatic rings. The van der Waals surface area contributed by atoms with Gasteiger partial charge >= 0.3 is 11.9 Å². The van der Waals surface area contributed by atoms with Crippen LogP contribution in [0.2, 0.25) is 0 Å². The number of nitrogens with zero attached hydrogens (tertiary/aromatic N) is 6. The molecule has 0 saturated heterocycles. The van der Waals surface area contributed by atoms with E-state index in [0.717, 1.165) is 22.2 Å². The molecule has 0 spiro atoms. The molecule has 0 aliphatic carbocycles. The number of fused-ring (bicyclic) bond motifs is 2. The molecule has 11 heteroatoms. The number of aromatic nitrogens is 6. The summed E-state index contributed by atoms with van der Waals surface area (Å²) in [6.45, 7) is 0. The van der Waals surface area contributed by atoms with Gasteiger partial charge in [0.2, 0.25) is 5.82 Å². The molecular weight excluding hydrogens is 333 g/mol. The molecule has 8 nitrogen and oxygen atoms in total. The van der Waals surface area contributed by atoms with E-state index in [4.69, 9.17) is 5.11 Å². The molecule has 0 aromatic carbocycles. The number of carboxylic acid groups (broad SMARTS) is 1. The molecule has 124 valence electrons. The lowest BCUT2D eigenvalue weighted by Gasteiger charge is -2.14. The van der Waals surface area contributed by atoms with E-state index in [9.17, 15) is 13.6 Å². The second-order valence-corrected chi connectivity index (χ2v) is 5.49. The molecule has 0 aliphatic heterocycles. The molecule has 0 atom stereocenters. The topological polar surface area (TPSA) is 97.7 Å². The fourth-order valence-electron chi connectivity index (χ4n) is 2.48. The van der Waals surface area contributed by atoms with Crippen LogP contribution in [0.15, 0.2) is 36.7 Å². The van der Waals surface area contributed by atoms with Gasteiger partial charge in [-0.1, -0.05) is 11.5 Å². The van der Waals surface area contributed by atoms with E-state index < -0.39 is 23.4 Å². The number of hydrogen-bond acceptors (Lipinski definition) is 5. The lowest BCUT2D eigenvalue weighted by Crippen LogP contribution is -2.22. The Balaban J connectivity index is 1.87. The molecule has 0 amide bonds. The van der Waals surface area contributed by atoms with Gasteiger partial charge < -0.3 is 5.11 Å². The maximum absolute atomic E-state index is 14.9. The fourth-order valence-corrected chi connectivity index (χ4v) is 2.48. The molecule has 0 saturated carbocycles. The van der Waals surface area contributed by atoms with Crippen LogP contribution in [0.25, 0.3) is 11.3 Å².